The lowest BCUT2D eigenvalue weighted by atomic mass is 10.2. The molecule has 0 atom stereocenters. The summed E-state index contributed by atoms with van der Waals surface area (Å²) < 4.78 is 15.4. The van der Waals surface area contributed by atoms with Crippen molar-refractivity contribution in [3.05, 3.63) is 45.6 Å². The third-order valence-corrected chi connectivity index (χ3v) is 2.90. The van der Waals surface area contributed by atoms with Gasteiger partial charge in [-0.3, -0.25) is 4.79 Å². The van der Waals surface area contributed by atoms with Crippen molar-refractivity contribution in [1.29, 1.82) is 0 Å². The van der Waals surface area contributed by atoms with Crippen molar-refractivity contribution >= 4 is 16.6 Å². The molecule has 0 aliphatic heterocycles. The van der Waals surface area contributed by atoms with Crippen LogP contribution in [0.15, 0.2) is 23.0 Å². The first-order chi connectivity index (χ1) is 8.61. The summed E-state index contributed by atoms with van der Waals surface area (Å²) in [6, 6.07) is 4.74. The molecule has 0 saturated carbocycles. The third kappa shape index (κ3) is 1.36. The van der Waals surface area contributed by atoms with Crippen LogP contribution in [0.3, 0.4) is 0 Å². The van der Waals surface area contributed by atoms with Crippen LogP contribution in [0.2, 0.25) is 0 Å². The van der Waals surface area contributed by atoms with Crippen LogP contribution in [0.5, 0.6) is 0 Å². The van der Waals surface area contributed by atoms with Gasteiger partial charge >= 0.3 is 0 Å². The summed E-state index contributed by atoms with van der Waals surface area (Å²) in [5, 5.41) is 13.2. The molecule has 0 saturated heterocycles. The van der Waals surface area contributed by atoms with Gasteiger partial charge < -0.3 is 10.1 Å². The molecule has 0 bridgehead atoms. The second-order valence-electron chi connectivity index (χ2n) is 4.13. The molecular formula is C12H10FN3O2. The van der Waals surface area contributed by atoms with Gasteiger partial charge in [0.05, 0.1) is 17.8 Å². The summed E-state index contributed by atoms with van der Waals surface area (Å²) in [7, 11) is 0. The smallest absolute Gasteiger partial charge is 0.274 e. The van der Waals surface area contributed by atoms with Gasteiger partial charge in [-0.05, 0) is 19.1 Å². The lowest BCUT2D eigenvalue weighted by Gasteiger charge is -2.05. The fourth-order valence-electron chi connectivity index (χ4n) is 2.05. The second kappa shape index (κ2) is 3.64. The lowest BCUT2D eigenvalue weighted by molar-refractivity contribution is 0.276. The van der Waals surface area contributed by atoms with Gasteiger partial charge in [0.1, 0.15) is 11.0 Å². The molecule has 3 aromatic rings. The minimum absolute atomic E-state index is 0.0575. The van der Waals surface area contributed by atoms with E-state index in [9.17, 15) is 9.18 Å². The van der Waals surface area contributed by atoms with E-state index in [0.29, 0.717) is 16.7 Å². The Morgan fingerprint density at radius 2 is 2.22 bits per heavy atom. The molecule has 2 N–H and O–H groups in total. The number of hydrogen-bond acceptors (Lipinski definition) is 3. The Balaban J connectivity index is 2.57. The SMILES string of the molecule is Cc1cc2c(=O)[nH]c3c(F)c(CO)ccc3n2n1. The number of aryl methyl sites for hydroxylation is 1. The Morgan fingerprint density at radius 1 is 1.44 bits per heavy atom. The fraction of sp³-hybridized carbons (Fsp3) is 0.167. The topological polar surface area (TPSA) is 70.4 Å². The molecule has 2 heterocycles. The van der Waals surface area contributed by atoms with Crippen molar-refractivity contribution in [3.8, 4) is 0 Å². The summed E-state index contributed by atoms with van der Waals surface area (Å²) in [5.41, 5.74) is 1.31. The molecule has 1 aromatic carbocycles. The predicted octanol–water partition coefficient (Wildman–Crippen LogP) is 1.12. The van der Waals surface area contributed by atoms with Gasteiger partial charge in [-0.2, -0.15) is 5.10 Å². The Labute approximate surface area is 100 Å². The van der Waals surface area contributed by atoms with E-state index < -0.39 is 18.0 Å². The zero-order valence-corrected chi connectivity index (χ0v) is 9.57. The number of nitrogens with zero attached hydrogens (tertiary/aromatic N) is 2. The number of H-pyrrole nitrogens is 1. The van der Waals surface area contributed by atoms with Crippen molar-refractivity contribution in [2.75, 3.05) is 0 Å². The monoisotopic (exact) mass is 247 g/mol. The molecule has 0 radical (unpaired) electrons. The van der Waals surface area contributed by atoms with Crippen molar-refractivity contribution < 1.29 is 9.50 Å². The number of aliphatic hydroxyl groups excluding tert-OH is 1. The van der Waals surface area contributed by atoms with Gasteiger partial charge in [0, 0.05) is 5.56 Å². The fourth-order valence-corrected chi connectivity index (χ4v) is 2.05. The highest BCUT2D eigenvalue weighted by atomic mass is 19.1. The molecule has 3 rings (SSSR count). The predicted molar refractivity (Wildman–Crippen MR) is 63.9 cm³/mol. The van der Waals surface area contributed by atoms with Gasteiger partial charge in [-0.25, -0.2) is 8.91 Å². The number of hydrogen-bond donors (Lipinski definition) is 2. The maximum atomic E-state index is 14.0. The zero-order valence-electron chi connectivity index (χ0n) is 9.57. The number of aliphatic hydroxyl groups is 1. The largest absolute Gasteiger partial charge is 0.392 e. The van der Waals surface area contributed by atoms with E-state index in [1.54, 1.807) is 19.1 Å². The van der Waals surface area contributed by atoms with Crippen LogP contribution < -0.4 is 5.56 Å². The van der Waals surface area contributed by atoms with Crippen LogP contribution in [0, 0.1) is 12.7 Å². The second-order valence-corrected chi connectivity index (χ2v) is 4.13. The van der Waals surface area contributed by atoms with Crippen LogP contribution in [-0.4, -0.2) is 19.7 Å². The Morgan fingerprint density at radius 3 is 2.94 bits per heavy atom. The Bertz CT molecular complexity index is 819. The third-order valence-electron chi connectivity index (χ3n) is 2.90. The summed E-state index contributed by atoms with van der Waals surface area (Å²) in [4.78, 5) is 14.3. The molecule has 2 aromatic heterocycles. The van der Waals surface area contributed by atoms with Gasteiger partial charge in [-0.1, -0.05) is 6.07 Å². The van der Waals surface area contributed by atoms with E-state index in [4.69, 9.17) is 5.11 Å². The maximum Gasteiger partial charge on any atom is 0.274 e. The zero-order chi connectivity index (χ0) is 12.9. The highest BCUT2D eigenvalue weighted by Crippen LogP contribution is 2.19. The molecule has 0 unspecified atom stereocenters. The Kier molecular flexibility index (Phi) is 2.21. The maximum absolute atomic E-state index is 14.0. The van der Waals surface area contributed by atoms with E-state index in [-0.39, 0.29) is 11.1 Å². The van der Waals surface area contributed by atoms with E-state index in [1.807, 2.05) is 0 Å². The van der Waals surface area contributed by atoms with E-state index in [1.165, 1.54) is 10.6 Å². The van der Waals surface area contributed by atoms with Crippen LogP contribution in [0.1, 0.15) is 11.3 Å². The number of aromatic nitrogens is 3. The van der Waals surface area contributed by atoms with Gasteiger partial charge in [0.25, 0.3) is 5.56 Å². The summed E-state index contributed by atoms with van der Waals surface area (Å²) in [5.74, 6) is -0.623. The van der Waals surface area contributed by atoms with E-state index in [2.05, 4.69) is 10.1 Å². The number of rotatable bonds is 1. The highest BCUT2D eigenvalue weighted by molar-refractivity contribution is 5.79. The number of nitrogens with one attached hydrogen (secondary N) is 1. The number of halogens is 1. The first-order valence-electron chi connectivity index (χ1n) is 5.42. The van der Waals surface area contributed by atoms with Gasteiger partial charge in [0.15, 0.2) is 5.82 Å². The molecule has 0 spiro atoms. The van der Waals surface area contributed by atoms with Crippen LogP contribution in [0.4, 0.5) is 4.39 Å². The molecular weight excluding hydrogens is 237 g/mol. The Hall–Kier alpha value is -2.21. The van der Waals surface area contributed by atoms with Crippen molar-refractivity contribution in [2.24, 2.45) is 0 Å². The average molecular weight is 247 g/mol. The molecule has 18 heavy (non-hydrogen) atoms. The van der Waals surface area contributed by atoms with Crippen LogP contribution in [-0.2, 0) is 6.61 Å². The average Bonchev–Trinajstić information content (AvgIpc) is 2.73. The molecule has 5 nitrogen and oxygen atoms in total. The number of aromatic amines is 1. The first-order valence-corrected chi connectivity index (χ1v) is 5.42. The quantitative estimate of drug-likeness (QED) is 0.676. The van der Waals surface area contributed by atoms with E-state index in [0.717, 1.165) is 0 Å². The molecule has 92 valence electrons. The van der Waals surface area contributed by atoms with Crippen molar-refractivity contribution in [2.45, 2.75) is 13.5 Å². The van der Waals surface area contributed by atoms with E-state index >= 15 is 0 Å². The normalized spacial score (nSPS) is 11.5. The number of benzene rings is 1. The highest BCUT2D eigenvalue weighted by Gasteiger charge is 2.13. The molecule has 6 heteroatoms. The lowest BCUT2D eigenvalue weighted by Crippen LogP contribution is -2.12. The molecule has 0 fully saturated rings. The van der Waals surface area contributed by atoms with Crippen molar-refractivity contribution in [1.82, 2.24) is 14.6 Å². The standard InChI is InChI=1S/C12H10FN3O2/c1-6-4-9-12(18)14-11-8(16(9)15-6)3-2-7(5-17)10(11)13/h2-4,17H,5H2,1H3,(H,14,18). The molecule has 0 aliphatic rings. The molecule has 0 aliphatic carbocycles. The summed E-state index contributed by atoms with van der Waals surface area (Å²) in [6.07, 6.45) is 0. The van der Waals surface area contributed by atoms with Crippen LogP contribution in [0.25, 0.3) is 16.6 Å². The van der Waals surface area contributed by atoms with Gasteiger partial charge in [-0.15, -0.1) is 0 Å². The van der Waals surface area contributed by atoms with Crippen molar-refractivity contribution in [3.63, 3.8) is 0 Å². The molecule has 0 amide bonds. The number of fused-ring (bicyclic) bond motifs is 3. The first kappa shape index (κ1) is 10.9. The van der Waals surface area contributed by atoms with Crippen LogP contribution >= 0.6 is 0 Å². The minimum Gasteiger partial charge on any atom is -0.392 e. The minimum atomic E-state index is -0.623. The summed E-state index contributed by atoms with van der Waals surface area (Å²) >= 11 is 0. The van der Waals surface area contributed by atoms with Gasteiger partial charge in [0.2, 0.25) is 0 Å². The summed E-state index contributed by atoms with van der Waals surface area (Å²) in [6.45, 7) is 1.34.